The van der Waals surface area contributed by atoms with Gasteiger partial charge in [-0.2, -0.15) is 0 Å². The molecule has 2 aliphatic carbocycles. The van der Waals surface area contributed by atoms with Gasteiger partial charge in [0.15, 0.2) is 0 Å². The molecule has 8 aromatic rings. The number of hydrogen-bond donors (Lipinski definition) is 0. The minimum absolute atomic E-state index is 0.120. The highest BCUT2D eigenvalue weighted by atomic mass is 15.1. The molecule has 1 atom stereocenters. The first-order valence-electron chi connectivity index (χ1n) is 30.4. The van der Waals surface area contributed by atoms with Crippen LogP contribution in [-0.2, 0) is 11.8 Å². The zero-order chi connectivity index (χ0) is 59.9. The molecule has 0 saturated heterocycles. The Kier molecular flexibility index (Phi) is 2.82. The lowest BCUT2D eigenvalue weighted by Crippen LogP contribution is -2.34. The summed E-state index contributed by atoms with van der Waals surface area (Å²) in [6.45, 7) is 0. The molecule has 0 amide bonds. The molecule has 240 valence electrons. The molecule has 0 fully saturated rings. The standard InChI is InChI=1S/C50H35N/c1-3-13-35(14-4-1)37-23-28-41(29-24-37)51(42-30-25-38(26-31-42)36-15-5-2-6-16-36)43-32-27-40-33-39-17-7-10-20-46(39)50(49(40)34-43)47-21-11-8-18-44(47)45-19-9-12-22-48(45)50/h1-32,34H,33H2/i1D,2D,3D,4D,5D,6D,7D,8D,9D,10D,11D,12D,13D,14D,15D,16D,17D,18D,19D,21D,23D,24D,25D,26D,27D,28D,29D,30D,31D,32D. The van der Waals surface area contributed by atoms with Crippen molar-refractivity contribution in [3.05, 3.63) is 233 Å². The van der Waals surface area contributed by atoms with Crippen molar-refractivity contribution in [3.63, 3.8) is 0 Å². The normalized spacial score (nSPS) is 23.3. The molecule has 0 aromatic heterocycles. The fourth-order valence-corrected chi connectivity index (χ4v) is 6.73. The predicted molar refractivity (Wildman–Crippen MR) is 212 cm³/mol. The van der Waals surface area contributed by atoms with E-state index in [1.165, 1.54) is 0 Å². The van der Waals surface area contributed by atoms with E-state index in [4.69, 9.17) is 21.9 Å². The fraction of sp³-hybridized carbons (Fsp3) is 0.0400. The van der Waals surface area contributed by atoms with Gasteiger partial charge in [-0.05, 0) is 109 Å². The maximum Gasteiger partial charge on any atom is 0.0719 e. The molecule has 0 bridgehead atoms. The van der Waals surface area contributed by atoms with Crippen LogP contribution in [0.2, 0.25) is 0 Å². The third kappa shape index (κ3) is 4.62. The van der Waals surface area contributed by atoms with Crippen LogP contribution >= 0.6 is 0 Å². The molecule has 51 heavy (non-hydrogen) atoms. The highest BCUT2D eigenvalue weighted by molar-refractivity contribution is 5.89. The molecule has 1 unspecified atom stereocenters. The van der Waals surface area contributed by atoms with E-state index in [-0.39, 0.29) is 33.4 Å². The van der Waals surface area contributed by atoms with Gasteiger partial charge in [-0.15, -0.1) is 0 Å². The number of rotatable bonds is 5. The monoisotopic (exact) mass is 679 g/mol. The lowest BCUT2D eigenvalue weighted by molar-refractivity contribution is 0.722. The Balaban J connectivity index is 1.44. The summed E-state index contributed by atoms with van der Waals surface area (Å²) >= 11 is 0. The minimum atomic E-state index is -2.45. The van der Waals surface area contributed by atoms with E-state index in [2.05, 4.69) is 0 Å². The van der Waals surface area contributed by atoms with Crippen LogP contribution in [0.15, 0.2) is 199 Å². The highest BCUT2D eigenvalue weighted by Crippen LogP contribution is 2.59. The summed E-state index contributed by atoms with van der Waals surface area (Å²) in [4.78, 5) is 0.525. The first kappa shape index (κ1) is 12.1. The SMILES string of the molecule is [2H]c1cc2c(c([2H])c1[2H])Cc1c(cc(N(c3c([2H])c([2H])c(-c4c([2H])c([2H])c([2H])c([2H])c4[2H])c([2H])c3[2H])c3c([2H])c([2H])c(-c4c([2H])c([2H])c([2H])c([2H])c4[2H])c([2H])c3[2H])c([2H])c1[2H])C21c2cc([2H])c([2H])c([2H])c2-c2c([2H])c([2H])c([2H])c([2H])c21. The van der Waals surface area contributed by atoms with Crippen LogP contribution in [0.25, 0.3) is 33.4 Å². The van der Waals surface area contributed by atoms with Gasteiger partial charge in [0.05, 0.1) is 46.5 Å². The summed E-state index contributed by atoms with van der Waals surface area (Å²) in [6, 6.07) is -24.3. The van der Waals surface area contributed by atoms with E-state index in [0.29, 0.717) is 4.90 Å². The zero-order valence-corrected chi connectivity index (χ0v) is 25.9. The number of hydrogen-bond acceptors (Lipinski definition) is 1. The average molecular weight is 680 g/mol. The second kappa shape index (κ2) is 11.9. The van der Waals surface area contributed by atoms with Crippen molar-refractivity contribution < 1.29 is 41.1 Å². The van der Waals surface area contributed by atoms with E-state index < -0.39 is 244 Å². The summed E-state index contributed by atoms with van der Waals surface area (Å²) < 4.78 is 271. The van der Waals surface area contributed by atoms with Crippen molar-refractivity contribution in [1.29, 1.82) is 0 Å². The Bertz CT molecular complexity index is 4030. The molecule has 0 aliphatic heterocycles. The summed E-state index contributed by atoms with van der Waals surface area (Å²) in [6.07, 6.45) is -0.544. The summed E-state index contributed by atoms with van der Waals surface area (Å²) in [7, 11) is 0. The topological polar surface area (TPSA) is 3.24 Å². The summed E-state index contributed by atoms with van der Waals surface area (Å²) in [5, 5.41) is 0. The molecule has 0 heterocycles. The molecule has 1 heteroatoms. The van der Waals surface area contributed by atoms with Gasteiger partial charge in [0.2, 0.25) is 0 Å². The van der Waals surface area contributed by atoms with Crippen molar-refractivity contribution in [1.82, 2.24) is 0 Å². The molecule has 8 aromatic carbocycles. The van der Waals surface area contributed by atoms with Gasteiger partial charge >= 0.3 is 0 Å². The summed E-state index contributed by atoms with van der Waals surface area (Å²) in [5.74, 6) is 0. The largest absolute Gasteiger partial charge is 0.310 e. The van der Waals surface area contributed by atoms with Crippen LogP contribution in [0.1, 0.15) is 74.5 Å². The molecule has 0 radical (unpaired) electrons. The van der Waals surface area contributed by atoms with Gasteiger partial charge < -0.3 is 4.90 Å². The van der Waals surface area contributed by atoms with E-state index in [0.717, 1.165) is 18.2 Å². The minimum Gasteiger partial charge on any atom is -0.310 e. The maximum atomic E-state index is 9.90. The van der Waals surface area contributed by atoms with Crippen LogP contribution in [0, 0.1) is 0 Å². The van der Waals surface area contributed by atoms with Crippen molar-refractivity contribution >= 4 is 17.1 Å². The smallest absolute Gasteiger partial charge is 0.0719 e. The van der Waals surface area contributed by atoms with E-state index in [1.807, 2.05) is 0 Å². The first-order valence-corrected chi connectivity index (χ1v) is 15.4. The van der Waals surface area contributed by atoms with Crippen molar-refractivity contribution in [2.45, 2.75) is 11.8 Å². The predicted octanol–water partition coefficient (Wildman–Crippen LogP) is 12.8. The van der Waals surface area contributed by atoms with Crippen LogP contribution < -0.4 is 4.90 Å². The third-order valence-corrected chi connectivity index (χ3v) is 8.81. The lowest BCUT2D eigenvalue weighted by atomic mass is 9.61. The molecule has 10 rings (SSSR count). The van der Waals surface area contributed by atoms with Crippen LogP contribution in [-0.4, -0.2) is 0 Å². The van der Waals surface area contributed by atoms with Crippen molar-refractivity contribution in [2.24, 2.45) is 0 Å². The van der Waals surface area contributed by atoms with Gasteiger partial charge in [0.25, 0.3) is 0 Å². The van der Waals surface area contributed by atoms with Gasteiger partial charge in [-0.3, -0.25) is 0 Å². The Morgan fingerprint density at radius 2 is 0.843 bits per heavy atom. The van der Waals surface area contributed by atoms with E-state index in [9.17, 15) is 19.2 Å². The molecule has 2 aliphatic rings. The number of anilines is 3. The molecule has 1 nitrogen and oxygen atoms in total. The van der Waals surface area contributed by atoms with Gasteiger partial charge in [-0.1, -0.05) is 163 Å². The molecule has 0 N–H and O–H groups in total. The highest BCUT2D eigenvalue weighted by Gasteiger charge is 2.49. The summed E-state index contributed by atoms with van der Waals surface area (Å²) in [5.41, 5.74) is -10.9. The number of nitrogens with zero attached hydrogens (tertiary/aromatic N) is 1. The zero-order valence-electron chi connectivity index (χ0n) is 55.9. The van der Waals surface area contributed by atoms with Gasteiger partial charge in [-0.25, -0.2) is 0 Å². The maximum absolute atomic E-state index is 9.90. The Labute approximate surface area is 341 Å². The third-order valence-electron chi connectivity index (χ3n) is 8.81. The van der Waals surface area contributed by atoms with Crippen LogP contribution in [0.5, 0.6) is 0 Å². The molecule has 1 spiro atoms. The lowest BCUT2D eigenvalue weighted by Gasteiger charge is -2.41. The Morgan fingerprint density at radius 1 is 0.373 bits per heavy atom. The second-order valence-corrected chi connectivity index (χ2v) is 11.4. The van der Waals surface area contributed by atoms with Gasteiger partial charge in [0, 0.05) is 17.1 Å². The molecular weight excluding hydrogens is 615 g/mol. The van der Waals surface area contributed by atoms with Crippen LogP contribution in [0.3, 0.4) is 0 Å². The Morgan fingerprint density at radius 3 is 1.49 bits per heavy atom. The fourth-order valence-electron chi connectivity index (χ4n) is 6.73. The van der Waals surface area contributed by atoms with E-state index >= 15 is 0 Å². The van der Waals surface area contributed by atoms with Gasteiger partial charge in [0.1, 0.15) is 0 Å². The average Bonchev–Trinajstić information content (AvgIpc) is 2.62. The second-order valence-electron chi connectivity index (χ2n) is 11.4. The first-order chi connectivity index (χ1) is 37.7. The van der Waals surface area contributed by atoms with Crippen molar-refractivity contribution in [2.75, 3.05) is 4.90 Å². The molecular formula is C50H35N. The number of fused-ring (bicyclic) bond motifs is 9. The quantitative estimate of drug-likeness (QED) is 0.175. The Hall–Kier alpha value is -6.44. The van der Waals surface area contributed by atoms with Crippen molar-refractivity contribution in [3.8, 4) is 33.4 Å². The number of benzene rings is 8. The molecule has 0 saturated carbocycles. The van der Waals surface area contributed by atoms with Crippen LogP contribution in [0.4, 0.5) is 17.1 Å². The van der Waals surface area contributed by atoms with E-state index in [1.54, 1.807) is 0 Å².